The smallest absolute Gasteiger partial charge is 0.190 e. The Morgan fingerprint density at radius 2 is 2.00 bits per heavy atom. The lowest BCUT2D eigenvalue weighted by atomic mass is 10.1. The maximum absolute atomic E-state index is 4.03. The molecule has 0 atom stereocenters. The van der Waals surface area contributed by atoms with Crippen molar-refractivity contribution in [3.63, 3.8) is 0 Å². The van der Waals surface area contributed by atoms with Crippen LogP contribution >= 0.6 is 0 Å². The second-order valence-corrected chi connectivity index (χ2v) is 2.98. The molecular formula is C11H17N3. The second kappa shape index (κ2) is 6.02. The fourth-order valence-corrected chi connectivity index (χ4v) is 1.25. The molecule has 2 N–H and O–H groups in total. The van der Waals surface area contributed by atoms with E-state index >= 15 is 0 Å². The first-order valence-corrected chi connectivity index (χ1v) is 4.79. The van der Waals surface area contributed by atoms with Crippen molar-refractivity contribution in [3.8, 4) is 0 Å². The van der Waals surface area contributed by atoms with Gasteiger partial charge in [0, 0.05) is 20.6 Å². The van der Waals surface area contributed by atoms with Crippen molar-refractivity contribution >= 4 is 5.96 Å². The number of rotatable bonds is 3. The summed E-state index contributed by atoms with van der Waals surface area (Å²) in [5.74, 6) is 0.834. The van der Waals surface area contributed by atoms with Crippen LogP contribution in [0.4, 0.5) is 0 Å². The van der Waals surface area contributed by atoms with E-state index in [1.54, 1.807) is 7.05 Å². The van der Waals surface area contributed by atoms with Gasteiger partial charge < -0.3 is 10.6 Å². The van der Waals surface area contributed by atoms with Gasteiger partial charge in [-0.05, 0) is 12.0 Å². The molecule has 0 unspecified atom stereocenters. The van der Waals surface area contributed by atoms with E-state index in [-0.39, 0.29) is 0 Å². The summed E-state index contributed by atoms with van der Waals surface area (Å²) in [5, 5.41) is 6.18. The monoisotopic (exact) mass is 191 g/mol. The van der Waals surface area contributed by atoms with Gasteiger partial charge in [-0.1, -0.05) is 30.3 Å². The van der Waals surface area contributed by atoms with Crippen LogP contribution in [-0.2, 0) is 6.42 Å². The summed E-state index contributed by atoms with van der Waals surface area (Å²) in [7, 11) is 3.62. The first-order valence-electron chi connectivity index (χ1n) is 4.79. The molecule has 3 nitrogen and oxygen atoms in total. The zero-order valence-electron chi connectivity index (χ0n) is 8.75. The van der Waals surface area contributed by atoms with Crippen LogP contribution in [0.25, 0.3) is 0 Å². The molecule has 0 radical (unpaired) electrons. The van der Waals surface area contributed by atoms with E-state index in [2.05, 4.69) is 39.9 Å². The highest BCUT2D eigenvalue weighted by atomic mass is 15.1. The summed E-state index contributed by atoms with van der Waals surface area (Å²) in [6, 6.07) is 10.4. The topological polar surface area (TPSA) is 36.4 Å². The van der Waals surface area contributed by atoms with Crippen molar-refractivity contribution < 1.29 is 0 Å². The summed E-state index contributed by atoms with van der Waals surface area (Å²) < 4.78 is 0. The van der Waals surface area contributed by atoms with Crippen molar-refractivity contribution in [3.05, 3.63) is 35.9 Å². The Kier molecular flexibility index (Phi) is 4.55. The van der Waals surface area contributed by atoms with Crippen LogP contribution in [0.1, 0.15) is 5.56 Å². The molecule has 0 saturated carbocycles. The minimum absolute atomic E-state index is 0.834. The number of nitrogens with one attached hydrogen (secondary N) is 2. The van der Waals surface area contributed by atoms with Gasteiger partial charge in [0.15, 0.2) is 5.96 Å². The molecule has 0 saturated heterocycles. The highest BCUT2D eigenvalue weighted by molar-refractivity contribution is 5.79. The molecule has 1 aromatic rings. The molecule has 0 aliphatic rings. The van der Waals surface area contributed by atoms with Crippen molar-refractivity contribution in [1.82, 2.24) is 10.6 Å². The molecule has 76 valence electrons. The number of guanidine groups is 1. The molecule has 0 amide bonds. The summed E-state index contributed by atoms with van der Waals surface area (Å²) in [6.45, 7) is 0.900. The van der Waals surface area contributed by atoms with E-state index in [1.807, 2.05) is 13.1 Å². The summed E-state index contributed by atoms with van der Waals surface area (Å²) in [6.07, 6.45) is 1.02. The van der Waals surface area contributed by atoms with Gasteiger partial charge in [-0.15, -0.1) is 0 Å². The Labute approximate surface area is 85.3 Å². The predicted molar refractivity (Wildman–Crippen MR) is 60.6 cm³/mol. The maximum atomic E-state index is 4.03. The minimum Gasteiger partial charge on any atom is -0.359 e. The number of hydrogen-bond donors (Lipinski definition) is 2. The molecule has 1 aromatic carbocycles. The van der Waals surface area contributed by atoms with Gasteiger partial charge in [0.05, 0.1) is 0 Å². The molecule has 0 fully saturated rings. The van der Waals surface area contributed by atoms with Crippen molar-refractivity contribution in [1.29, 1.82) is 0 Å². The quantitative estimate of drug-likeness (QED) is 0.553. The van der Waals surface area contributed by atoms with Crippen molar-refractivity contribution in [2.45, 2.75) is 6.42 Å². The van der Waals surface area contributed by atoms with E-state index in [0.29, 0.717) is 0 Å². The largest absolute Gasteiger partial charge is 0.359 e. The normalized spacial score (nSPS) is 11.1. The lowest BCUT2D eigenvalue weighted by Crippen LogP contribution is -2.35. The SMILES string of the molecule is CN=C(NC)NCCc1ccccc1. The molecule has 14 heavy (non-hydrogen) atoms. The fraction of sp³-hybridized carbons (Fsp3) is 0.364. The average Bonchev–Trinajstić information content (AvgIpc) is 2.26. The molecule has 0 aliphatic carbocycles. The van der Waals surface area contributed by atoms with Gasteiger partial charge in [0.1, 0.15) is 0 Å². The maximum Gasteiger partial charge on any atom is 0.190 e. The Hall–Kier alpha value is -1.51. The van der Waals surface area contributed by atoms with Gasteiger partial charge in [-0.3, -0.25) is 4.99 Å². The fourth-order valence-electron chi connectivity index (χ4n) is 1.25. The lowest BCUT2D eigenvalue weighted by molar-refractivity contribution is 0.834. The molecule has 1 rings (SSSR count). The van der Waals surface area contributed by atoms with Crippen LogP contribution in [0.15, 0.2) is 35.3 Å². The molecule has 0 aromatic heterocycles. The molecule has 0 bridgehead atoms. The Balaban J connectivity index is 2.29. The van der Waals surface area contributed by atoms with Crippen LogP contribution in [-0.4, -0.2) is 26.6 Å². The Morgan fingerprint density at radius 1 is 1.29 bits per heavy atom. The minimum atomic E-state index is 0.834. The average molecular weight is 191 g/mol. The van der Waals surface area contributed by atoms with Gasteiger partial charge in [-0.25, -0.2) is 0 Å². The summed E-state index contributed by atoms with van der Waals surface area (Å²) >= 11 is 0. The third-order valence-electron chi connectivity index (χ3n) is 2.01. The third-order valence-corrected chi connectivity index (χ3v) is 2.01. The first kappa shape index (κ1) is 10.6. The van der Waals surface area contributed by atoms with E-state index in [1.165, 1.54) is 5.56 Å². The lowest BCUT2D eigenvalue weighted by Gasteiger charge is -2.07. The van der Waals surface area contributed by atoms with Crippen LogP contribution in [0.2, 0.25) is 0 Å². The number of aliphatic imine (C=N–C) groups is 1. The standard InChI is InChI=1S/C11H17N3/c1-12-11(13-2)14-9-8-10-6-4-3-5-7-10/h3-7H,8-9H2,1-2H3,(H2,12,13,14). The molecular weight excluding hydrogens is 174 g/mol. The number of nitrogens with zero attached hydrogens (tertiary/aromatic N) is 1. The zero-order chi connectivity index (χ0) is 10.2. The molecule has 0 aliphatic heterocycles. The Morgan fingerprint density at radius 3 is 2.57 bits per heavy atom. The van der Waals surface area contributed by atoms with Crippen LogP contribution in [0.5, 0.6) is 0 Å². The Bertz CT molecular complexity index is 280. The zero-order valence-corrected chi connectivity index (χ0v) is 8.75. The molecule has 0 heterocycles. The van der Waals surface area contributed by atoms with Gasteiger partial charge in [0.25, 0.3) is 0 Å². The van der Waals surface area contributed by atoms with E-state index in [4.69, 9.17) is 0 Å². The summed E-state index contributed by atoms with van der Waals surface area (Å²) in [5.41, 5.74) is 1.34. The molecule has 3 heteroatoms. The summed E-state index contributed by atoms with van der Waals surface area (Å²) in [4.78, 5) is 4.03. The van der Waals surface area contributed by atoms with Crippen LogP contribution < -0.4 is 10.6 Å². The first-order chi connectivity index (χ1) is 6.86. The van der Waals surface area contributed by atoms with Gasteiger partial charge in [-0.2, -0.15) is 0 Å². The predicted octanol–water partition coefficient (Wildman–Crippen LogP) is 1.02. The number of hydrogen-bond acceptors (Lipinski definition) is 1. The van der Waals surface area contributed by atoms with Crippen LogP contribution in [0.3, 0.4) is 0 Å². The second-order valence-electron chi connectivity index (χ2n) is 2.98. The van der Waals surface area contributed by atoms with E-state index in [0.717, 1.165) is 18.9 Å². The third kappa shape index (κ3) is 3.47. The van der Waals surface area contributed by atoms with Crippen molar-refractivity contribution in [2.75, 3.05) is 20.6 Å². The molecule has 0 spiro atoms. The highest BCUT2D eigenvalue weighted by Crippen LogP contribution is 1.97. The van der Waals surface area contributed by atoms with Gasteiger partial charge >= 0.3 is 0 Å². The van der Waals surface area contributed by atoms with E-state index < -0.39 is 0 Å². The highest BCUT2D eigenvalue weighted by Gasteiger charge is 1.93. The van der Waals surface area contributed by atoms with E-state index in [9.17, 15) is 0 Å². The number of benzene rings is 1. The van der Waals surface area contributed by atoms with Gasteiger partial charge in [0.2, 0.25) is 0 Å². The van der Waals surface area contributed by atoms with Crippen molar-refractivity contribution in [2.24, 2.45) is 4.99 Å². The van der Waals surface area contributed by atoms with Crippen LogP contribution in [0, 0.1) is 0 Å².